The van der Waals surface area contributed by atoms with E-state index in [-0.39, 0.29) is 0 Å². The van der Waals surface area contributed by atoms with Gasteiger partial charge in [0.15, 0.2) is 0 Å². The first-order chi connectivity index (χ1) is 6.86. The quantitative estimate of drug-likeness (QED) is 0.723. The van der Waals surface area contributed by atoms with Crippen LogP contribution in [-0.2, 0) is 4.74 Å². The molecule has 0 bridgehead atoms. The Kier molecular flexibility index (Phi) is 3.22. The van der Waals surface area contributed by atoms with E-state index < -0.39 is 0 Å². The molecular weight excluding hydrogens is 176 g/mol. The number of nitrogens with zero attached hydrogens (tertiary/aromatic N) is 2. The highest BCUT2D eigenvalue weighted by atomic mass is 16.5. The van der Waals surface area contributed by atoms with Crippen molar-refractivity contribution in [1.29, 1.82) is 0 Å². The molecule has 0 saturated carbocycles. The molecule has 1 aromatic heterocycles. The minimum Gasteiger partial charge on any atom is -0.379 e. The first-order valence-corrected chi connectivity index (χ1v) is 5.29. The van der Waals surface area contributed by atoms with Gasteiger partial charge in [-0.25, -0.2) is 0 Å². The van der Waals surface area contributed by atoms with E-state index in [0.29, 0.717) is 6.04 Å². The SMILES string of the molecule is CC(CN1CCOCC1)n1cccc1. The largest absolute Gasteiger partial charge is 0.379 e. The van der Waals surface area contributed by atoms with Gasteiger partial charge in [-0.05, 0) is 19.1 Å². The van der Waals surface area contributed by atoms with E-state index in [1.165, 1.54) is 0 Å². The third-order valence-corrected chi connectivity index (χ3v) is 2.76. The predicted octanol–water partition coefficient (Wildman–Crippen LogP) is 1.38. The van der Waals surface area contributed by atoms with E-state index in [2.05, 4.69) is 40.9 Å². The van der Waals surface area contributed by atoms with Crippen molar-refractivity contribution in [1.82, 2.24) is 9.47 Å². The van der Waals surface area contributed by atoms with Gasteiger partial charge in [-0.3, -0.25) is 4.90 Å². The first kappa shape index (κ1) is 9.74. The molecule has 2 heterocycles. The summed E-state index contributed by atoms with van der Waals surface area (Å²) >= 11 is 0. The molecule has 2 rings (SSSR count). The average Bonchev–Trinajstić information content (AvgIpc) is 2.72. The minimum absolute atomic E-state index is 0.558. The fourth-order valence-electron chi connectivity index (χ4n) is 1.89. The topological polar surface area (TPSA) is 17.4 Å². The van der Waals surface area contributed by atoms with E-state index >= 15 is 0 Å². The van der Waals surface area contributed by atoms with E-state index in [1.54, 1.807) is 0 Å². The number of rotatable bonds is 3. The number of hydrogen-bond acceptors (Lipinski definition) is 2. The molecule has 1 aliphatic heterocycles. The van der Waals surface area contributed by atoms with Crippen LogP contribution in [0.4, 0.5) is 0 Å². The summed E-state index contributed by atoms with van der Waals surface area (Å²) in [7, 11) is 0. The van der Waals surface area contributed by atoms with Crippen molar-refractivity contribution in [3.63, 3.8) is 0 Å². The lowest BCUT2D eigenvalue weighted by atomic mass is 10.3. The fourth-order valence-corrected chi connectivity index (χ4v) is 1.89. The van der Waals surface area contributed by atoms with Gasteiger partial charge in [0.2, 0.25) is 0 Å². The fraction of sp³-hybridized carbons (Fsp3) is 0.636. The molecule has 0 aliphatic carbocycles. The van der Waals surface area contributed by atoms with Crippen LogP contribution < -0.4 is 0 Å². The summed E-state index contributed by atoms with van der Waals surface area (Å²) in [6.07, 6.45) is 4.26. The third kappa shape index (κ3) is 2.36. The molecule has 1 aliphatic rings. The molecule has 3 nitrogen and oxygen atoms in total. The molecule has 14 heavy (non-hydrogen) atoms. The Morgan fingerprint density at radius 3 is 2.50 bits per heavy atom. The van der Waals surface area contributed by atoms with Crippen LogP contribution in [0.3, 0.4) is 0 Å². The van der Waals surface area contributed by atoms with Crippen LogP contribution in [0.15, 0.2) is 24.5 Å². The Morgan fingerprint density at radius 1 is 1.21 bits per heavy atom. The second kappa shape index (κ2) is 4.62. The van der Waals surface area contributed by atoms with Crippen LogP contribution in [0.25, 0.3) is 0 Å². The summed E-state index contributed by atoms with van der Waals surface area (Å²) in [5.41, 5.74) is 0. The summed E-state index contributed by atoms with van der Waals surface area (Å²) in [5, 5.41) is 0. The lowest BCUT2D eigenvalue weighted by Gasteiger charge is -2.29. The summed E-state index contributed by atoms with van der Waals surface area (Å²) in [4.78, 5) is 2.47. The van der Waals surface area contributed by atoms with Crippen molar-refractivity contribution in [2.45, 2.75) is 13.0 Å². The van der Waals surface area contributed by atoms with Crippen LogP contribution in [0.5, 0.6) is 0 Å². The lowest BCUT2D eigenvalue weighted by molar-refractivity contribution is 0.0326. The number of aromatic nitrogens is 1. The molecule has 0 radical (unpaired) electrons. The maximum atomic E-state index is 5.32. The Bertz CT molecular complexity index is 252. The predicted molar refractivity (Wildman–Crippen MR) is 56.4 cm³/mol. The maximum Gasteiger partial charge on any atom is 0.0594 e. The van der Waals surface area contributed by atoms with Gasteiger partial charge in [0.1, 0.15) is 0 Å². The molecule has 1 fully saturated rings. The van der Waals surface area contributed by atoms with Crippen molar-refractivity contribution in [3.05, 3.63) is 24.5 Å². The zero-order valence-electron chi connectivity index (χ0n) is 8.72. The van der Waals surface area contributed by atoms with E-state index in [0.717, 1.165) is 32.8 Å². The van der Waals surface area contributed by atoms with Gasteiger partial charge in [0, 0.05) is 38.1 Å². The van der Waals surface area contributed by atoms with Crippen molar-refractivity contribution >= 4 is 0 Å². The Hall–Kier alpha value is -0.800. The summed E-state index contributed by atoms with van der Waals surface area (Å²) in [5.74, 6) is 0. The van der Waals surface area contributed by atoms with E-state index in [4.69, 9.17) is 4.74 Å². The van der Waals surface area contributed by atoms with Gasteiger partial charge in [-0.2, -0.15) is 0 Å². The highest BCUT2D eigenvalue weighted by molar-refractivity contribution is 4.92. The van der Waals surface area contributed by atoms with E-state index in [9.17, 15) is 0 Å². The van der Waals surface area contributed by atoms with Crippen LogP contribution >= 0.6 is 0 Å². The minimum atomic E-state index is 0.558. The van der Waals surface area contributed by atoms with Crippen molar-refractivity contribution in [3.8, 4) is 0 Å². The molecule has 0 aromatic carbocycles. The monoisotopic (exact) mass is 194 g/mol. The van der Waals surface area contributed by atoms with Crippen LogP contribution in [0.1, 0.15) is 13.0 Å². The summed E-state index contributed by atoms with van der Waals surface area (Å²) in [6.45, 7) is 7.31. The first-order valence-electron chi connectivity index (χ1n) is 5.29. The zero-order valence-corrected chi connectivity index (χ0v) is 8.72. The van der Waals surface area contributed by atoms with Crippen LogP contribution in [0.2, 0.25) is 0 Å². The number of hydrogen-bond donors (Lipinski definition) is 0. The molecule has 1 atom stereocenters. The van der Waals surface area contributed by atoms with Crippen molar-refractivity contribution in [2.75, 3.05) is 32.8 Å². The normalized spacial score (nSPS) is 20.9. The number of morpholine rings is 1. The van der Waals surface area contributed by atoms with Crippen LogP contribution in [-0.4, -0.2) is 42.3 Å². The van der Waals surface area contributed by atoms with Gasteiger partial charge in [0.25, 0.3) is 0 Å². The second-order valence-corrected chi connectivity index (χ2v) is 3.89. The molecule has 0 amide bonds. The van der Waals surface area contributed by atoms with Gasteiger partial charge < -0.3 is 9.30 Å². The molecule has 1 saturated heterocycles. The molecule has 1 aromatic rings. The molecule has 0 N–H and O–H groups in total. The van der Waals surface area contributed by atoms with Gasteiger partial charge in [0.05, 0.1) is 13.2 Å². The number of ether oxygens (including phenoxy) is 1. The molecule has 78 valence electrons. The molecule has 3 heteroatoms. The molecule has 0 spiro atoms. The zero-order chi connectivity index (χ0) is 9.80. The highest BCUT2D eigenvalue weighted by Crippen LogP contribution is 2.09. The van der Waals surface area contributed by atoms with Gasteiger partial charge in [-0.15, -0.1) is 0 Å². The lowest BCUT2D eigenvalue weighted by Crippen LogP contribution is -2.39. The Labute approximate surface area is 85.3 Å². The second-order valence-electron chi connectivity index (χ2n) is 3.89. The summed E-state index contributed by atoms with van der Waals surface area (Å²) < 4.78 is 7.58. The summed E-state index contributed by atoms with van der Waals surface area (Å²) in [6, 6.07) is 4.72. The molecule has 1 unspecified atom stereocenters. The third-order valence-electron chi connectivity index (χ3n) is 2.76. The smallest absolute Gasteiger partial charge is 0.0594 e. The Morgan fingerprint density at radius 2 is 1.86 bits per heavy atom. The molecular formula is C11H18N2O. The van der Waals surface area contributed by atoms with Crippen LogP contribution in [0, 0.1) is 0 Å². The van der Waals surface area contributed by atoms with Crippen molar-refractivity contribution in [2.24, 2.45) is 0 Å². The standard InChI is InChI=1S/C11H18N2O/c1-11(13-4-2-3-5-13)10-12-6-8-14-9-7-12/h2-5,11H,6-10H2,1H3. The van der Waals surface area contributed by atoms with Gasteiger partial charge in [-0.1, -0.05) is 0 Å². The Balaban J connectivity index is 1.84. The van der Waals surface area contributed by atoms with Crippen molar-refractivity contribution < 1.29 is 4.74 Å². The maximum absolute atomic E-state index is 5.32. The van der Waals surface area contributed by atoms with Gasteiger partial charge >= 0.3 is 0 Å². The van der Waals surface area contributed by atoms with E-state index in [1.807, 2.05) is 0 Å². The average molecular weight is 194 g/mol. The highest BCUT2D eigenvalue weighted by Gasteiger charge is 2.13.